The monoisotopic (exact) mass is 556 g/mol. The fourth-order valence-electron chi connectivity index (χ4n) is 3.11. The van der Waals surface area contributed by atoms with E-state index in [-0.39, 0.29) is 11.7 Å². The van der Waals surface area contributed by atoms with Crippen LogP contribution in [0.5, 0.6) is 5.75 Å². The van der Waals surface area contributed by atoms with Gasteiger partial charge in [-0.15, -0.1) is 0 Å². The van der Waals surface area contributed by atoms with E-state index in [1.165, 1.54) is 17.3 Å². The number of amidine groups is 1. The summed E-state index contributed by atoms with van der Waals surface area (Å²) in [5.41, 5.74) is 2.78. The minimum absolute atomic E-state index is 0.0732. The van der Waals surface area contributed by atoms with E-state index >= 15 is 0 Å². The Hall–Kier alpha value is -2.35. The maximum Gasteiger partial charge on any atom is 0.266 e. The molecule has 3 aromatic rings. The van der Waals surface area contributed by atoms with E-state index in [0.717, 1.165) is 17.7 Å². The highest BCUT2D eigenvalue weighted by Gasteiger charge is 2.33. The second-order valence-corrected chi connectivity index (χ2v) is 9.58. The highest BCUT2D eigenvalue weighted by Crippen LogP contribution is 2.37. The number of hydrogen-bond acceptors (Lipinski definition) is 4. The summed E-state index contributed by atoms with van der Waals surface area (Å²) in [5, 5.41) is 10.6. The second-order valence-electron chi connectivity index (χ2n) is 6.87. The summed E-state index contributed by atoms with van der Waals surface area (Å²) in [7, 11) is 0. The first-order chi connectivity index (χ1) is 15.0. The third kappa shape index (κ3) is 5.29. The molecule has 0 unspecified atom stereocenters. The third-order valence-electron chi connectivity index (χ3n) is 4.67. The van der Waals surface area contributed by atoms with E-state index in [9.17, 15) is 9.90 Å². The average Bonchev–Trinajstić information content (AvgIpc) is 3.06. The number of rotatable bonds is 5. The van der Waals surface area contributed by atoms with Crippen LogP contribution in [-0.2, 0) is 11.2 Å². The van der Waals surface area contributed by atoms with E-state index < -0.39 is 0 Å². The molecule has 4 rings (SSSR count). The molecule has 1 saturated heterocycles. The minimum Gasteiger partial charge on any atom is -0.506 e. The van der Waals surface area contributed by atoms with Crippen molar-refractivity contribution in [1.29, 1.82) is 0 Å². The smallest absolute Gasteiger partial charge is 0.266 e. The molecule has 1 aliphatic rings. The van der Waals surface area contributed by atoms with Crippen molar-refractivity contribution in [1.82, 2.24) is 4.90 Å². The van der Waals surface area contributed by atoms with Crippen molar-refractivity contribution in [2.75, 3.05) is 6.54 Å². The number of aromatic hydroxyl groups is 1. The summed E-state index contributed by atoms with van der Waals surface area (Å²) < 4.78 is 1.12. The second kappa shape index (κ2) is 9.85. The Labute approximate surface area is 202 Å². The molecule has 0 saturated carbocycles. The van der Waals surface area contributed by atoms with Crippen LogP contribution >= 0.6 is 43.6 Å². The lowest BCUT2D eigenvalue weighted by atomic mass is 10.1. The lowest BCUT2D eigenvalue weighted by Crippen LogP contribution is -2.31. The first-order valence-corrected chi connectivity index (χ1v) is 12.0. The van der Waals surface area contributed by atoms with Crippen LogP contribution in [-0.4, -0.2) is 27.6 Å². The number of carbonyl (C=O) groups excluding carboxylic acids is 1. The van der Waals surface area contributed by atoms with Gasteiger partial charge in [0.1, 0.15) is 5.75 Å². The molecule has 0 spiro atoms. The van der Waals surface area contributed by atoms with Gasteiger partial charge in [-0.3, -0.25) is 9.69 Å². The first-order valence-electron chi connectivity index (χ1n) is 9.58. The summed E-state index contributed by atoms with van der Waals surface area (Å²) in [6.45, 7) is 0.543. The molecule has 0 radical (unpaired) electrons. The number of benzene rings is 3. The fourth-order valence-corrected chi connectivity index (χ4v) is 5.35. The zero-order valence-electron chi connectivity index (χ0n) is 16.3. The minimum atomic E-state index is -0.0732. The van der Waals surface area contributed by atoms with Crippen LogP contribution in [0.3, 0.4) is 0 Å². The van der Waals surface area contributed by atoms with Gasteiger partial charge in [0.2, 0.25) is 0 Å². The Kier molecular flexibility index (Phi) is 6.95. The number of phenols is 1. The quantitative estimate of drug-likeness (QED) is 0.352. The predicted octanol–water partition coefficient (Wildman–Crippen LogP) is 6.76. The first kappa shape index (κ1) is 21.9. The average molecular weight is 558 g/mol. The van der Waals surface area contributed by atoms with Crippen molar-refractivity contribution in [2.24, 2.45) is 4.99 Å². The molecule has 0 atom stereocenters. The molecule has 0 aromatic heterocycles. The number of aliphatic imine (C=N–C) groups is 1. The van der Waals surface area contributed by atoms with Crippen molar-refractivity contribution in [3.05, 3.63) is 97.8 Å². The Morgan fingerprint density at radius 3 is 2.23 bits per heavy atom. The molecule has 3 aromatic carbocycles. The summed E-state index contributed by atoms with van der Waals surface area (Å²) in [5.74, 6) is 0.0549. The van der Waals surface area contributed by atoms with E-state index in [2.05, 4.69) is 44.0 Å². The van der Waals surface area contributed by atoms with Gasteiger partial charge in [-0.05, 0) is 91.5 Å². The molecule has 1 fully saturated rings. The van der Waals surface area contributed by atoms with Crippen molar-refractivity contribution in [3.63, 3.8) is 0 Å². The zero-order chi connectivity index (χ0) is 21.8. The number of amides is 1. The van der Waals surface area contributed by atoms with E-state index in [1.54, 1.807) is 17.0 Å². The maximum absolute atomic E-state index is 13.3. The van der Waals surface area contributed by atoms with Crippen molar-refractivity contribution < 1.29 is 9.90 Å². The summed E-state index contributed by atoms with van der Waals surface area (Å²) in [6, 6.07) is 23.3. The topological polar surface area (TPSA) is 52.9 Å². The van der Waals surface area contributed by atoms with Crippen molar-refractivity contribution >= 4 is 66.5 Å². The molecule has 0 bridgehead atoms. The standard InChI is InChI=1S/C24H18Br2N2O2S/c25-19-13-17(14-20(26)22(19)29)15-21-23(30)28(12-11-16-7-3-1-4-8-16)24(31-21)27-18-9-5-2-6-10-18/h1-10,13-15,29H,11-12H2/b21-15+,27-24?. The fraction of sp³-hybridized carbons (Fsp3) is 0.0833. The largest absolute Gasteiger partial charge is 0.506 e. The van der Waals surface area contributed by atoms with Crippen LogP contribution in [0.2, 0.25) is 0 Å². The van der Waals surface area contributed by atoms with Crippen molar-refractivity contribution in [3.8, 4) is 5.75 Å². The molecule has 1 amide bonds. The van der Waals surface area contributed by atoms with E-state index in [0.29, 0.717) is 25.6 Å². The summed E-state index contributed by atoms with van der Waals surface area (Å²) in [4.78, 5) is 20.3. The molecule has 1 N–H and O–H groups in total. The van der Waals surface area contributed by atoms with Crippen LogP contribution < -0.4 is 0 Å². The van der Waals surface area contributed by atoms with Crippen LogP contribution in [0.4, 0.5) is 5.69 Å². The molecule has 31 heavy (non-hydrogen) atoms. The number of phenolic OH excluding ortho intramolecular Hbond substituents is 1. The molecule has 1 heterocycles. The Morgan fingerprint density at radius 1 is 0.968 bits per heavy atom. The highest BCUT2D eigenvalue weighted by molar-refractivity contribution is 9.11. The van der Waals surface area contributed by atoms with Crippen LogP contribution in [0.15, 0.2) is 91.6 Å². The molecule has 1 aliphatic heterocycles. The van der Waals surface area contributed by atoms with Crippen molar-refractivity contribution in [2.45, 2.75) is 6.42 Å². The number of hydrogen-bond donors (Lipinski definition) is 1. The van der Waals surface area contributed by atoms with Crippen LogP contribution in [0.25, 0.3) is 6.08 Å². The van der Waals surface area contributed by atoms with Gasteiger partial charge in [-0.1, -0.05) is 48.5 Å². The zero-order valence-corrected chi connectivity index (χ0v) is 20.3. The van der Waals surface area contributed by atoms with Gasteiger partial charge < -0.3 is 5.11 Å². The number of carbonyl (C=O) groups is 1. The molecule has 156 valence electrons. The summed E-state index contributed by atoms with van der Waals surface area (Å²) in [6.07, 6.45) is 2.57. The van der Waals surface area contributed by atoms with E-state index in [4.69, 9.17) is 4.99 Å². The molecule has 0 aliphatic carbocycles. The maximum atomic E-state index is 13.3. The lowest BCUT2D eigenvalue weighted by molar-refractivity contribution is -0.122. The summed E-state index contributed by atoms with van der Waals surface area (Å²) >= 11 is 8.05. The van der Waals surface area contributed by atoms with Gasteiger partial charge in [-0.25, -0.2) is 4.99 Å². The van der Waals surface area contributed by atoms with Gasteiger partial charge in [0.05, 0.1) is 19.5 Å². The van der Waals surface area contributed by atoms with Gasteiger partial charge >= 0.3 is 0 Å². The lowest BCUT2D eigenvalue weighted by Gasteiger charge is -2.15. The number of halogens is 2. The number of thioether (sulfide) groups is 1. The molecule has 4 nitrogen and oxygen atoms in total. The van der Waals surface area contributed by atoms with Crippen LogP contribution in [0, 0.1) is 0 Å². The Morgan fingerprint density at radius 2 is 1.58 bits per heavy atom. The highest BCUT2D eigenvalue weighted by atomic mass is 79.9. The molecule has 7 heteroatoms. The van der Waals surface area contributed by atoms with Gasteiger partial charge in [0.25, 0.3) is 5.91 Å². The normalized spacial score (nSPS) is 16.5. The van der Waals surface area contributed by atoms with Crippen LogP contribution in [0.1, 0.15) is 11.1 Å². The molecular weight excluding hydrogens is 540 g/mol. The number of nitrogens with zero attached hydrogens (tertiary/aromatic N) is 2. The van der Waals surface area contributed by atoms with Gasteiger partial charge in [0.15, 0.2) is 5.17 Å². The number of para-hydroxylation sites is 1. The Bertz CT molecular complexity index is 1140. The SMILES string of the molecule is O=C1/C(=C\c2cc(Br)c(O)c(Br)c2)SC(=Nc2ccccc2)N1CCc1ccccc1. The van der Waals surface area contributed by atoms with Gasteiger partial charge in [-0.2, -0.15) is 0 Å². The van der Waals surface area contributed by atoms with Gasteiger partial charge in [0, 0.05) is 6.54 Å². The Balaban J connectivity index is 1.65. The molecular formula is C24H18Br2N2O2S. The predicted molar refractivity (Wildman–Crippen MR) is 134 cm³/mol. The third-order valence-corrected chi connectivity index (χ3v) is 6.89. The van der Waals surface area contributed by atoms with E-state index in [1.807, 2.05) is 54.6 Å².